The predicted molar refractivity (Wildman–Crippen MR) is 135 cm³/mol. The van der Waals surface area contributed by atoms with Crippen molar-refractivity contribution < 1.29 is 0 Å². The molecule has 1 nitrogen and oxygen atoms in total. The molecular formula is C31H29N. The molecule has 1 saturated carbocycles. The Morgan fingerprint density at radius 3 is 1.94 bits per heavy atom. The van der Waals surface area contributed by atoms with Gasteiger partial charge < -0.3 is 4.90 Å². The predicted octanol–water partition coefficient (Wildman–Crippen LogP) is 8.80. The monoisotopic (exact) mass is 415 g/mol. The molecule has 0 radical (unpaired) electrons. The molecule has 4 aromatic carbocycles. The molecule has 4 aromatic rings. The molecule has 2 atom stereocenters. The average Bonchev–Trinajstić information content (AvgIpc) is 3.43. The smallest absolute Gasteiger partial charge is 0.0464 e. The fourth-order valence-corrected chi connectivity index (χ4v) is 6.11. The Labute approximate surface area is 191 Å². The van der Waals surface area contributed by atoms with E-state index in [-0.39, 0.29) is 0 Å². The van der Waals surface area contributed by atoms with Gasteiger partial charge in [0.25, 0.3) is 0 Å². The summed E-state index contributed by atoms with van der Waals surface area (Å²) in [7, 11) is 0. The molecule has 32 heavy (non-hydrogen) atoms. The number of benzene rings is 4. The van der Waals surface area contributed by atoms with E-state index in [4.69, 9.17) is 0 Å². The molecule has 1 heteroatoms. The van der Waals surface area contributed by atoms with Gasteiger partial charge in [-0.15, -0.1) is 0 Å². The minimum absolute atomic E-state index is 0.792. The molecule has 0 heterocycles. The summed E-state index contributed by atoms with van der Waals surface area (Å²) >= 11 is 0. The van der Waals surface area contributed by atoms with E-state index in [1.807, 2.05) is 0 Å². The molecule has 0 saturated heterocycles. The molecule has 0 amide bonds. The van der Waals surface area contributed by atoms with Crippen molar-refractivity contribution in [2.75, 3.05) is 4.90 Å². The Kier molecular flexibility index (Phi) is 4.64. The maximum Gasteiger partial charge on any atom is 0.0464 e. The summed E-state index contributed by atoms with van der Waals surface area (Å²) in [5.74, 6) is 1.61. The number of aryl methyl sites for hydroxylation is 2. The zero-order chi connectivity index (χ0) is 21.7. The van der Waals surface area contributed by atoms with Crippen LogP contribution in [-0.4, -0.2) is 0 Å². The average molecular weight is 416 g/mol. The number of hydrogen-bond donors (Lipinski definition) is 0. The van der Waals surface area contributed by atoms with Crippen molar-refractivity contribution in [3.63, 3.8) is 0 Å². The summed E-state index contributed by atoms with van der Waals surface area (Å²) in [5, 5.41) is 0. The number of para-hydroxylation sites is 2. The largest absolute Gasteiger partial charge is 0.310 e. The zero-order valence-corrected chi connectivity index (χ0v) is 18.9. The third-order valence-corrected chi connectivity index (χ3v) is 7.51. The van der Waals surface area contributed by atoms with Gasteiger partial charge in [0, 0.05) is 17.1 Å². The minimum atomic E-state index is 0.792. The highest BCUT2D eigenvalue weighted by Crippen LogP contribution is 2.55. The topological polar surface area (TPSA) is 3.24 Å². The van der Waals surface area contributed by atoms with Crippen LogP contribution in [0.25, 0.3) is 11.1 Å². The summed E-state index contributed by atoms with van der Waals surface area (Å²) in [5.41, 5.74) is 12.4. The van der Waals surface area contributed by atoms with Crippen molar-refractivity contribution in [2.45, 2.75) is 44.9 Å². The van der Waals surface area contributed by atoms with Crippen LogP contribution >= 0.6 is 0 Å². The Morgan fingerprint density at radius 2 is 1.28 bits per heavy atom. The highest BCUT2D eigenvalue weighted by atomic mass is 15.1. The van der Waals surface area contributed by atoms with Crippen molar-refractivity contribution in [3.05, 3.63) is 113 Å². The molecule has 0 aliphatic heterocycles. The van der Waals surface area contributed by atoms with Gasteiger partial charge in [-0.05, 0) is 115 Å². The van der Waals surface area contributed by atoms with E-state index in [9.17, 15) is 0 Å². The molecular weight excluding hydrogens is 386 g/mol. The lowest BCUT2D eigenvalue weighted by molar-refractivity contribution is 0.714. The van der Waals surface area contributed by atoms with Gasteiger partial charge in [0.15, 0.2) is 0 Å². The molecule has 0 spiro atoms. The molecule has 6 rings (SSSR count). The van der Waals surface area contributed by atoms with Gasteiger partial charge in [0.1, 0.15) is 0 Å². The van der Waals surface area contributed by atoms with E-state index >= 15 is 0 Å². The third kappa shape index (κ3) is 3.15. The second kappa shape index (κ2) is 7.67. The molecule has 0 N–H and O–H groups in total. The van der Waals surface area contributed by atoms with Gasteiger partial charge in [-0.25, -0.2) is 0 Å². The zero-order valence-electron chi connectivity index (χ0n) is 18.9. The lowest BCUT2D eigenvalue weighted by Crippen LogP contribution is -2.10. The van der Waals surface area contributed by atoms with Crippen molar-refractivity contribution in [2.24, 2.45) is 0 Å². The number of hydrogen-bond acceptors (Lipinski definition) is 1. The quantitative estimate of drug-likeness (QED) is 0.322. The van der Waals surface area contributed by atoms with Crippen molar-refractivity contribution in [1.29, 1.82) is 0 Å². The molecule has 2 aliphatic carbocycles. The van der Waals surface area contributed by atoms with Crippen LogP contribution < -0.4 is 4.90 Å². The SMILES string of the molecule is Cc1cc(N(c2ccccc2)c2ccccc2)ccc1-c1cc(C)c2c(c1)C1CCC2C1. The first kappa shape index (κ1) is 19.4. The van der Waals surface area contributed by atoms with Crippen molar-refractivity contribution >= 4 is 17.1 Å². The van der Waals surface area contributed by atoms with Crippen LogP contribution in [0.3, 0.4) is 0 Å². The first-order valence-corrected chi connectivity index (χ1v) is 11.8. The third-order valence-electron chi connectivity index (χ3n) is 7.51. The maximum atomic E-state index is 2.50. The molecule has 1 fully saturated rings. The lowest BCUT2D eigenvalue weighted by atomic mass is 9.85. The van der Waals surface area contributed by atoms with Gasteiger partial charge in [0.05, 0.1) is 0 Å². The number of nitrogens with zero attached hydrogens (tertiary/aromatic N) is 1. The first-order valence-electron chi connectivity index (χ1n) is 11.8. The lowest BCUT2D eigenvalue weighted by Gasteiger charge is -2.26. The summed E-state index contributed by atoms with van der Waals surface area (Å²) in [6.45, 7) is 4.57. The Bertz CT molecular complexity index is 1230. The summed E-state index contributed by atoms with van der Waals surface area (Å²) < 4.78 is 0. The molecule has 2 unspecified atom stereocenters. The Hall–Kier alpha value is -3.32. The van der Waals surface area contributed by atoms with Crippen LogP contribution in [0.4, 0.5) is 17.1 Å². The number of anilines is 3. The number of fused-ring (bicyclic) bond motifs is 5. The van der Waals surface area contributed by atoms with E-state index in [1.54, 1.807) is 11.1 Å². The number of rotatable bonds is 4. The summed E-state index contributed by atoms with van der Waals surface area (Å²) in [4.78, 5) is 2.34. The standard InChI is InChI=1S/C31H29N/c1-21-18-28(32(26-9-5-3-6-10-26)27-11-7-4-8-12-27)15-16-29(21)25-17-22(2)31-24-14-13-23(19-24)30(31)20-25/h3-12,15-18,20,23-24H,13-14,19H2,1-2H3. The van der Waals surface area contributed by atoms with Crippen LogP contribution in [0.5, 0.6) is 0 Å². The molecule has 2 bridgehead atoms. The van der Waals surface area contributed by atoms with E-state index in [1.165, 1.54) is 58.6 Å². The summed E-state index contributed by atoms with van der Waals surface area (Å²) in [6.07, 6.45) is 4.14. The fraction of sp³-hybridized carbons (Fsp3) is 0.226. The minimum Gasteiger partial charge on any atom is -0.310 e. The van der Waals surface area contributed by atoms with E-state index in [0.29, 0.717) is 0 Å². The first-order chi connectivity index (χ1) is 15.7. The highest BCUT2D eigenvalue weighted by Gasteiger charge is 2.38. The second-order valence-corrected chi connectivity index (χ2v) is 9.51. The van der Waals surface area contributed by atoms with Crippen LogP contribution in [0.1, 0.15) is 53.4 Å². The molecule has 0 aromatic heterocycles. The highest BCUT2D eigenvalue weighted by molar-refractivity contribution is 5.80. The van der Waals surface area contributed by atoms with Crippen LogP contribution in [0, 0.1) is 13.8 Å². The maximum absolute atomic E-state index is 2.50. The van der Waals surface area contributed by atoms with Crippen LogP contribution in [-0.2, 0) is 0 Å². The molecule has 2 aliphatic rings. The van der Waals surface area contributed by atoms with Gasteiger partial charge in [-0.2, -0.15) is 0 Å². The Balaban J connectivity index is 1.43. The van der Waals surface area contributed by atoms with Crippen molar-refractivity contribution in [1.82, 2.24) is 0 Å². The van der Waals surface area contributed by atoms with E-state index < -0.39 is 0 Å². The normalized spacial score (nSPS) is 18.6. The van der Waals surface area contributed by atoms with Crippen LogP contribution in [0.2, 0.25) is 0 Å². The summed E-state index contributed by atoms with van der Waals surface area (Å²) in [6, 6.07) is 33.1. The van der Waals surface area contributed by atoms with Gasteiger partial charge in [0.2, 0.25) is 0 Å². The van der Waals surface area contributed by atoms with Gasteiger partial charge in [-0.3, -0.25) is 0 Å². The molecule has 158 valence electrons. The van der Waals surface area contributed by atoms with E-state index in [0.717, 1.165) is 11.8 Å². The second-order valence-electron chi connectivity index (χ2n) is 9.51. The van der Waals surface area contributed by atoms with Gasteiger partial charge in [-0.1, -0.05) is 54.6 Å². The Morgan fingerprint density at radius 1 is 0.625 bits per heavy atom. The van der Waals surface area contributed by atoms with Gasteiger partial charge >= 0.3 is 0 Å². The van der Waals surface area contributed by atoms with Crippen molar-refractivity contribution in [3.8, 4) is 11.1 Å². The van der Waals surface area contributed by atoms with Crippen LogP contribution in [0.15, 0.2) is 91.0 Å². The fourth-order valence-electron chi connectivity index (χ4n) is 6.11. The van der Waals surface area contributed by atoms with E-state index in [2.05, 4.69) is 110 Å².